The average Bonchev–Trinajstić information content (AvgIpc) is 3.08. The Kier molecular flexibility index (Phi) is 5.11. The highest BCUT2D eigenvalue weighted by Crippen LogP contribution is 2.28. The highest BCUT2D eigenvalue weighted by atomic mass is 16.6. The van der Waals surface area contributed by atoms with Crippen molar-refractivity contribution in [1.29, 1.82) is 0 Å². The van der Waals surface area contributed by atoms with Gasteiger partial charge in [-0.1, -0.05) is 18.2 Å². The second kappa shape index (κ2) is 7.65. The lowest BCUT2D eigenvalue weighted by Gasteiger charge is -2.13. The number of amides is 1. The van der Waals surface area contributed by atoms with E-state index in [1.165, 1.54) is 24.5 Å². The number of carbonyl (C=O) groups is 1. The molecule has 1 amide bonds. The Morgan fingerprint density at radius 2 is 1.96 bits per heavy atom. The van der Waals surface area contributed by atoms with Crippen molar-refractivity contribution in [2.24, 2.45) is 7.05 Å². The zero-order valence-electron chi connectivity index (χ0n) is 14.8. The maximum absolute atomic E-state index is 12.5. The number of nitrogens with zero attached hydrogens (tertiary/aromatic N) is 4. The monoisotopic (exact) mass is 366 g/mol. The second-order valence-corrected chi connectivity index (χ2v) is 5.98. The van der Waals surface area contributed by atoms with Gasteiger partial charge in [-0.3, -0.25) is 14.9 Å². The summed E-state index contributed by atoms with van der Waals surface area (Å²) in [6.07, 6.45) is 1.53. The molecule has 27 heavy (non-hydrogen) atoms. The van der Waals surface area contributed by atoms with Gasteiger partial charge in [0.05, 0.1) is 11.0 Å². The summed E-state index contributed by atoms with van der Waals surface area (Å²) in [6.45, 7) is 1.77. The Labute approximate surface area is 155 Å². The van der Waals surface area contributed by atoms with Gasteiger partial charge in [0.15, 0.2) is 5.82 Å². The lowest BCUT2D eigenvalue weighted by atomic mass is 10.1. The van der Waals surface area contributed by atoms with Crippen LogP contribution in [0.1, 0.15) is 29.1 Å². The van der Waals surface area contributed by atoms with E-state index in [-0.39, 0.29) is 11.3 Å². The van der Waals surface area contributed by atoms with E-state index < -0.39 is 16.9 Å². The van der Waals surface area contributed by atoms with Crippen molar-refractivity contribution < 1.29 is 9.72 Å². The molecule has 3 aromatic rings. The lowest BCUT2D eigenvalue weighted by molar-refractivity contribution is -0.383. The van der Waals surface area contributed by atoms with Gasteiger partial charge in [-0.25, -0.2) is 0 Å². The van der Waals surface area contributed by atoms with E-state index in [0.29, 0.717) is 17.2 Å². The van der Waals surface area contributed by atoms with Crippen molar-refractivity contribution in [3.63, 3.8) is 0 Å². The zero-order valence-corrected chi connectivity index (χ0v) is 14.8. The predicted octanol–water partition coefficient (Wildman–Crippen LogP) is 2.96. The fourth-order valence-electron chi connectivity index (χ4n) is 2.64. The predicted molar refractivity (Wildman–Crippen MR) is 99.7 cm³/mol. The molecule has 3 rings (SSSR count). The van der Waals surface area contributed by atoms with Crippen LogP contribution in [-0.4, -0.2) is 25.6 Å². The van der Waals surface area contributed by atoms with Gasteiger partial charge in [-0.2, -0.15) is 0 Å². The van der Waals surface area contributed by atoms with Crippen molar-refractivity contribution in [2.75, 3.05) is 5.32 Å². The molecule has 0 saturated carbocycles. The van der Waals surface area contributed by atoms with E-state index in [4.69, 9.17) is 0 Å². The highest BCUT2D eigenvalue weighted by molar-refractivity contribution is 5.96. The number of hydrogen-bond donors (Lipinski definition) is 2. The molecule has 9 heteroatoms. The van der Waals surface area contributed by atoms with Gasteiger partial charge in [-0.05, 0) is 31.2 Å². The minimum Gasteiger partial charge on any atom is -0.350 e. The van der Waals surface area contributed by atoms with Crippen LogP contribution in [0.4, 0.5) is 17.1 Å². The molecule has 0 aliphatic heterocycles. The number of carbonyl (C=O) groups excluding carboxylic acids is 1. The molecule has 9 nitrogen and oxygen atoms in total. The van der Waals surface area contributed by atoms with Gasteiger partial charge in [0.2, 0.25) is 0 Å². The van der Waals surface area contributed by atoms with E-state index in [1.54, 1.807) is 30.7 Å². The number of anilines is 2. The summed E-state index contributed by atoms with van der Waals surface area (Å²) in [5, 5.41) is 24.9. The van der Waals surface area contributed by atoms with Gasteiger partial charge in [-0.15, -0.1) is 10.2 Å². The van der Waals surface area contributed by atoms with Crippen LogP contribution in [0.25, 0.3) is 0 Å². The first kappa shape index (κ1) is 18.1. The van der Waals surface area contributed by atoms with Gasteiger partial charge in [0, 0.05) is 24.4 Å². The summed E-state index contributed by atoms with van der Waals surface area (Å²) in [5.41, 5.74) is 1.03. The van der Waals surface area contributed by atoms with Gasteiger partial charge in [0.25, 0.3) is 11.6 Å². The average molecular weight is 366 g/mol. The molecule has 0 saturated heterocycles. The summed E-state index contributed by atoms with van der Waals surface area (Å²) in [5.74, 6) is 0.153. The summed E-state index contributed by atoms with van der Waals surface area (Å²) >= 11 is 0. The Morgan fingerprint density at radius 1 is 1.22 bits per heavy atom. The fraction of sp³-hybridized carbons (Fsp3) is 0.167. The first-order valence-corrected chi connectivity index (χ1v) is 8.21. The van der Waals surface area contributed by atoms with Crippen LogP contribution in [0, 0.1) is 10.1 Å². The van der Waals surface area contributed by atoms with Crippen molar-refractivity contribution >= 4 is 23.0 Å². The topological polar surface area (TPSA) is 115 Å². The molecule has 0 aliphatic rings. The Morgan fingerprint density at radius 3 is 2.59 bits per heavy atom. The van der Waals surface area contributed by atoms with Gasteiger partial charge < -0.3 is 15.2 Å². The molecular weight excluding hydrogens is 348 g/mol. The number of aromatic nitrogens is 3. The lowest BCUT2D eigenvalue weighted by Crippen LogP contribution is -2.28. The summed E-state index contributed by atoms with van der Waals surface area (Å²) in [6, 6.07) is 13.0. The number of para-hydroxylation sites is 1. The second-order valence-electron chi connectivity index (χ2n) is 5.98. The number of rotatable bonds is 6. The summed E-state index contributed by atoms with van der Waals surface area (Å²) in [7, 11) is 1.77. The van der Waals surface area contributed by atoms with Crippen molar-refractivity contribution in [1.82, 2.24) is 20.1 Å². The minimum absolute atomic E-state index is 0.183. The quantitative estimate of drug-likeness (QED) is 0.512. The van der Waals surface area contributed by atoms with Crippen LogP contribution in [-0.2, 0) is 7.05 Å². The maximum Gasteiger partial charge on any atom is 0.293 e. The van der Waals surface area contributed by atoms with Crippen LogP contribution < -0.4 is 10.6 Å². The molecule has 1 aromatic heterocycles. The third kappa shape index (κ3) is 4.09. The van der Waals surface area contributed by atoms with E-state index in [2.05, 4.69) is 20.8 Å². The molecule has 138 valence electrons. The van der Waals surface area contributed by atoms with Crippen molar-refractivity contribution in [2.45, 2.75) is 13.0 Å². The third-order valence-electron chi connectivity index (χ3n) is 3.99. The summed E-state index contributed by atoms with van der Waals surface area (Å²) in [4.78, 5) is 23.4. The summed E-state index contributed by atoms with van der Waals surface area (Å²) < 4.78 is 1.69. The fourth-order valence-corrected chi connectivity index (χ4v) is 2.64. The molecule has 0 fully saturated rings. The molecule has 2 N–H and O–H groups in total. The number of nitro groups is 1. The number of aryl methyl sites for hydroxylation is 1. The zero-order chi connectivity index (χ0) is 19.4. The number of nitro benzene ring substituents is 1. The standard InChI is InChI=1S/C18H18N6O3/c1-12(17-22-19-11-23(17)2)20-18(25)13-8-9-15(16(10-13)24(26)27)21-14-6-4-3-5-7-14/h3-12,21H,1-2H3,(H,20,25)/t12-/m0/s1. The van der Waals surface area contributed by atoms with E-state index in [9.17, 15) is 14.9 Å². The van der Waals surface area contributed by atoms with Crippen LogP contribution >= 0.6 is 0 Å². The van der Waals surface area contributed by atoms with Crippen molar-refractivity contribution in [3.8, 4) is 0 Å². The van der Waals surface area contributed by atoms with Crippen molar-refractivity contribution in [3.05, 3.63) is 76.4 Å². The molecule has 0 unspecified atom stereocenters. The molecule has 1 atom stereocenters. The molecule has 1 heterocycles. The Balaban J connectivity index is 1.82. The number of hydrogen-bond acceptors (Lipinski definition) is 6. The molecule has 0 spiro atoms. The third-order valence-corrected chi connectivity index (χ3v) is 3.99. The molecular formula is C18H18N6O3. The minimum atomic E-state index is -0.520. The smallest absolute Gasteiger partial charge is 0.293 e. The van der Waals surface area contributed by atoms with Crippen LogP contribution in [0.5, 0.6) is 0 Å². The van der Waals surface area contributed by atoms with E-state index in [1.807, 2.05) is 18.2 Å². The molecule has 2 aromatic carbocycles. The van der Waals surface area contributed by atoms with Crippen LogP contribution in [0.2, 0.25) is 0 Å². The Bertz CT molecular complexity index is 970. The first-order valence-electron chi connectivity index (χ1n) is 8.21. The van der Waals surface area contributed by atoms with E-state index >= 15 is 0 Å². The highest BCUT2D eigenvalue weighted by Gasteiger charge is 2.20. The Hall–Kier alpha value is -3.75. The molecule has 0 aliphatic carbocycles. The normalized spacial score (nSPS) is 11.6. The maximum atomic E-state index is 12.5. The number of benzene rings is 2. The van der Waals surface area contributed by atoms with Gasteiger partial charge in [0.1, 0.15) is 12.0 Å². The SMILES string of the molecule is C[C@H](NC(=O)c1ccc(Nc2ccccc2)c([N+](=O)[O-])c1)c1nncn1C. The van der Waals surface area contributed by atoms with Crippen LogP contribution in [0.15, 0.2) is 54.9 Å². The van der Waals surface area contributed by atoms with Crippen LogP contribution in [0.3, 0.4) is 0 Å². The first-order chi connectivity index (χ1) is 13.0. The molecule has 0 bridgehead atoms. The number of nitrogens with one attached hydrogen (secondary N) is 2. The molecule has 0 radical (unpaired) electrons. The van der Waals surface area contributed by atoms with E-state index in [0.717, 1.165) is 0 Å². The largest absolute Gasteiger partial charge is 0.350 e. The van der Waals surface area contributed by atoms with Gasteiger partial charge >= 0.3 is 0 Å².